The van der Waals surface area contributed by atoms with E-state index in [1.54, 1.807) is 0 Å². The summed E-state index contributed by atoms with van der Waals surface area (Å²) in [4.78, 5) is 9.78. The zero-order valence-corrected chi connectivity index (χ0v) is 13.8. The van der Waals surface area contributed by atoms with Crippen molar-refractivity contribution in [2.45, 2.75) is 45.8 Å². The molecule has 0 amide bonds. The number of piperidine rings is 1. The molecule has 1 aliphatic heterocycles. The maximum absolute atomic E-state index is 4.76. The Hall–Kier alpha value is -0.970. The molecule has 21 heavy (non-hydrogen) atoms. The van der Waals surface area contributed by atoms with Crippen molar-refractivity contribution in [1.29, 1.82) is 0 Å². The summed E-state index contributed by atoms with van der Waals surface area (Å²) in [7, 11) is 2.24. The van der Waals surface area contributed by atoms with Gasteiger partial charge in [-0.2, -0.15) is 0 Å². The molecule has 0 radical (unpaired) electrons. The van der Waals surface area contributed by atoms with E-state index < -0.39 is 0 Å². The van der Waals surface area contributed by atoms with Crippen LogP contribution in [0.5, 0.6) is 0 Å². The summed E-state index contributed by atoms with van der Waals surface area (Å²) in [6.45, 7) is 10.8. The fourth-order valence-corrected chi connectivity index (χ4v) is 3.03. The molecular weight excluding hydrogens is 260 g/mol. The molecule has 1 aromatic heterocycles. The highest BCUT2D eigenvalue weighted by Crippen LogP contribution is 2.16. The fourth-order valence-electron chi connectivity index (χ4n) is 3.03. The molecule has 1 aromatic rings. The summed E-state index contributed by atoms with van der Waals surface area (Å²) >= 11 is 0. The van der Waals surface area contributed by atoms with Gasteiger partial charge in [0.2, 0.25) is 0 Å². The third-order valence-corrected chi connectivity index (χ3v) is 4.46. The molecular formula is C17H30N4. The minimum absolute atomic E-state index is 0.701. The first kappa shape index (κ1) is 16.4. The molecule has 1 saturated heterocycles. The van der Waals surface area contributed by atoms with Crippen molar-refractivity contribution in [3.63, 3.8) is 0 Å². The van der Waals surface area contributed by atoms with Gasteiger partial charge < -0.3 is 10.2 Å². The van der Waals surface area contributed by atoms with Gasteiger partial charge in [-0.3, -0.25) is 9.88 Å². The monoisotopic (exact) mass is 290 g/mol. The summed E-state index contributed by atoms with van der Waals surface area (Å²) in [6, 6.07) is 7.08. The lowest BCUT2D eigenvalue weighted by Gasteiger charge is -2.36. The maximum Gasteiger partial charge on any atom is 0.0547 e. The molecule has 0 saturated carbocycles. The molecule has 0 bridgehead atoms. The average Bonchev–Trinajstić information content (AvgIpc) is 2.53. The van der Waals surface area contributed by atoms with Crippen LogP contribution in [0.4, 0.5) is 0 Å². The molecule has 1 fully saturated rings. The number of nitrogens with one attached hydrogen (secondary N) is 1. The highest BCUT2D eigenvalue weighted by atomic mass is 15.2. The van der Waals surface area contributed by atoms with Crippen molar-refractivity contribution >= 4 is 0 Å². The van der Waals surface area contributed by atoms with Crippen LogP contribution in [0.3, 0.4) is 0 Å². The predicted octanol–water partition coefficient (Wildman–Crippen LogP) is 2.11. The van der Waals surface area contributed by atoms with Gasteiger partial charge in [0, 0.05) is 19.1 Å². The lowest BCUT2D eigenvalue weighted by molar-refractivity contribution is 0.126. The van der Waals surface area contributed by atoms with Crippen LogP contribution in [0.25, 0.3) is 0 Å². The van der Waals surface area contributed by atoms with E-state index in [1.807, 2.05) is 0 Å². The van der Waals surface area contributed by atoms with Gasteiger partial charge in [-0.1, -0.05) is 19.9 Å². The summed E-state index contributed by atoms with van der Waals surface area (Å²) in [5.74, 6) is 0. The summed E-state index contributed by atoms with van der Waals surface area (Å²) in [6.07, 6.45) is 2.56. The van der Waals surface area contributed by atoms with Crippen LogP contribution in [0.15, 0.2) is 18.2 Å². The van der Waals surface area contributed by atoms with Crippen LogP contribution in [-0.2, 0) is 13.1 Å². The molecule has 1 aliphatic rings. The number of pyridine rings is 1. The Morgan fingerprint density at radius 3 is 2.62 bits per heavy atom. The van der Waals surface area contributed by atoms with Crippen LogP contribution in [0, 0.1) is 0 Å². The standard InChI is InChI=1S/C17H30N4/c1-4-18-13-15-7-6-8-16(19-15)14-20(3)17-9-11-21(5-2)12-10-17/h6-8,17-18H,4-5,9-14H2,1-3H3. The van der Waals surface area contributed by atoms with E-state index in [0.29, 0.717) is 6.04 Å². The van der Waals surface area contributed by atoms with Gasteiger partial charge in [0.25, 0.3) is 0 Å². The predicted molar refractivity (Wildman–Crippen MR) is 88.2 cm³/mol. The molecule has 0 aromatic carbocycles. The summed E-state index contributed by atoms with van der Waals surface area (Å²) in [5, 5.41) is 3.34. The van der Waals surface area contributed by atoms with Crippen molar-refractivity contribution < 1.29 is 0 Å². The van der Waals surface area contributed by atoms with Crippen LogP contribution in [0.2, 0.25) is 0 Å². The molecule has 0 spiro atoms. The minimum Gasteiger partial charge on any atom is -0.311 e. The molecule has 2 rings (SSSR count). The molecule has 0 unspecified atom stereocenters. The van der Waals surface area contributed by atoms with E-state index in [-0.39, 0.29) is 0 Å². The number of hydrogen-bond donors (Lipinski definition) is 1. The second-order valence-corrected chi connectivity index (χ2v) is 5.98. The zero-order valence-electron chi connectivity index (χ0n) is 13.8. The maximum atomic E-state index is 4.76. The first-order chi connectivity index (χ1) is 10.2. The second-order valence-electron chi connectivity index (χ2n) is 5.98. The van der Waals surface area contributed by atoms with E-state index >= 15 is 0 Å². The third kappa shape index (κ3) is 5.06. The molecule has 4 heteroatoms. The Kier molecular flexibility index (Phi) is 6.61. The lowest BCUT2D eigenvalue weighted by Crippen LogP contribution is -2.43. The average molecular weight is 290 g/mol. The number of aromatic nitrogens is 1. The van der Waals surface area contributed by atoms with Crippen molar-refractivity contribution in [3.8, 4) is 0 Å². The van der Waals surface area contributed by atoms with Crippen LogP contribution in [0.1, 0.15) is 38.1 Å². The quantitative estimate of drug-likeness (QED) is 0.833. The topological polar surface area (TPSA) is 31.4 Å². The number of likely N-dealkylation sites (tertiary alicyclic amines) is 1. The third-order valence-electron chi connectivity index (χ3n) is 4.46. The Balaban J connectivity index is 1.86. The van der Waals surface area contributed by atoms with E-state index in [2.05, 4.69) is 54.2 Å². The van der Waals surface area contributed by atoms with Gasteiger partial charge in [-0.15, -0.1) is 0 Å². The highest BCUT2D eigenvalue weighted by molar-refractivity contribution is 5.11. The van der Waals surface area contributed by atoms with Gasteiger partial charge >= 0.3 is 0 Å². The molecule has 0 atom stereocenters. The summed E-state index contributed by atoms with van der Waals surface area (Å²) < 4.78 is 0. The zero-order chi connectivity index (χ0) is 15.1. The molecule has 118 valence electrons. The fraction of sp³-hybridized carbons (Fsp3) is 0.706. The summed E-state index contributed by atoms with van der Waals surface area (Å²) in [5.41, 5.74) is 2.33. The number of nitrogens with zero attached hydrogens (tertiary/aromatic N) is 3. The van der Waals surface area contributed by atoms with Crippen LogP contribution < -0.4 is 5.32 Å². The van der Waals surface area contributed by atoms with Crippen LogP contribution >= 0.6 is 0 Å². The van der Waals surface area contributed by atoms with E-state index in [1.165, 1.54) is 38.2 Å². The Labute approximate surface area is 129 Å². The second kappa shape index (κ2) is 8.47. The molecule has 4 nitrogen and oxygen atoms in total. The first-order valence-corrected chi connectivity index (χ1v) is 8.31. The first-order valence-electron chi connectivity index (χ1n) is 8.31. The van der Waals surface area contributed by atoms with Gasteiger partial charge in [-0.05, 0) is 58.2 Å². The van der Waals surface area contributed by atoms with Gasteiger partial charge in [0.05, 0.1) is 11.4 Å². The Bertz CT molecular complexity index is 413. The molecule has 1 N–H and O–H groups in total. The smallest absolute Gasteiger partial charge is 0.0547 e. The van der Waals surface area contributed by atoms with E-state index in [0.717, 1.165) is 25.3 Å². The van der Waals surface area contributed by atoms with Crippen LogP contribution in [-0.4, -0.2) is 54.1 Å². The Morgan fingerprint density at radius 1 is 1.24 bits per heavy atom. The highest BCUT2D eigenvalue weighted by Gasteiger charge is 2.21. The normalized spacial score (nSPS) is 17.5. The SMILES string of the molecule is CCNCc1cccc(CN(C)C2CCN(CC)CC2)n1. The number of hydrogen-bond acceptors (Lipinski definition) is 4. The van der Waals surface area contributed by atoms with Crippen molar-refractivity contribution in [2.24, 2.45) is 0 Å². The van der Waals surface area contributed by atoms with Crippen molar-refractivity contribution in [1.82, 2.24) is 20.1 Å². The van der Waals surface area contributed by atoms with Crippen molar-refractivity contribution in [3.05, 3.63) is 29.6 Å². The van der Waals surface area contributed by atoms with E-state index in [4.69, 9.17) is 4.98 Å². The van der Waals surface area contributed by atoms with E-state index in [9.17, 15) is 0 Å². The van der Waals surface area contributed by atoms with Gasteiger partial charge in [0.15, 0.2) is 0 Å². The minimum atomic E-state index is 0.701. The molecule has 0 aliphatic carbocycles. The van der Waals surface area contributed by atoms with Crippen molar-refractivity contribution in [2.75, 3.05) is 33.2 Å². The Morgan fingerprint density at radius 2 is 1.95 bits per heavy atom. The number of rotatable bonds is 7. The lowest BCUT2D eigenvalue weighted by atomic mass is 10.0. The van der Waals surface area contributed by atoms with Gasteiger partial charge in [0.1, 0.15) is 0 Å². The molecule has 2 heterocycles. The van der Waals surface area contributed by atoms with Gasteiger partial charge in [-0.25, -0.2) is 0 Å². The largest absolute Gasteiger partial charge is 0.311 e.